The first-order chi connectivity index (χ1) is 14.0. The minimum absolute atomic E-state index is 0. The van der Waals surface area contributed by atoms with Crippen LogP contribution < -0.4 is 0 Å². The van der Waals surface area contributed by atoms with Crippen molar-refractivity contribution in [2.24, 2.45) is 0 Å². The Hall–Kier alpha value is -2.39. The number of aromatic nitrogens is 2. The van der Waals surface area contributed by atoms with Crippen molar-refractivity contribution >= 4 is 11.0 Å². The van der Waals surface area contributed by atoms with Crippen LogP contribution in [0.15, 0.2) is 78.9 Å². The monoisotopic (exact) mass is 580 g/mol. The molecule has 4 aromatic rings. The van der Waals surface area contributed by atoms with E-state index in [-0.39, 0.29) is 33.3 Å². The van der Waals surface area contributed by atoms with Gasteiger partial charge in [-0.05, 0) is 38.0 Å². The molecule has 0 saturated carbocycles. The first-order valence-electron chi connectivity index (χ1n) is 9.70. The Morgan fingerprint density at radius 2 is 1.27 bits per heavy atom. The Balaban J connectivity index is 0.000000350. The van der Waals surface area contributed by atoms with Gasteiger partial charge in [0.05, 0.1) is 28.9 Å². The summed E-state index contributed by atoms with van der Waals surface area (Å²) in [5.41, 5.74) is 5.58. The standard InChI is InChI=1S/C20H13N2.C5H12O2.Pt/c1-3-9-15(10-4-1)19-20(16-11-5-2-6-12-16)22-18-14-8-7-13-17(18)21-19;1-4(6)3-5(2)7;/h1-11,13-14H;4-7H,3H2,1-2H3;/q-1;;. The molecule has 0 amide bonds. The number of fused-ring (bicyclic) bond motifs is 1. The zero-order valence-corrected chi connectivity index (χ0v) is 19.2. The van der Waals surface area contributed by atoms with Gasteiger partial charge in [0, 0.05) is 26.8 Å². The number of nitrogens with zero attached hydrogens (tertiary/aromatic N) is 2. The molecule has 4 rings (SSSR count). The van der Waals surface area contributed by atoms with Crippen LogP contribution in [0.5, 0.6) is 0 Å². The van der Waals surface area contributed by atoms with Crippen LogP contribution in [-0.2, 0) is 21.1 Å². The average Bonchev–Trinajstić information content (AvgIpc) is 2.73. The van der Waals surface area contributed by atoms with E-state index in [4.69, 9.17) is 20.2 Å². The van der Waals surface area contributed by atoms with Crippen LogP contribution in [0.2, 0.25) is 0 Å². The zero-order valence-electron chi connectivity index (χ0n) is 17.0. The summed E-state index contributed by atoms with van der Waals surface area (Å²) in [5.74, 6) is 0. The summed E-state index contributed by atoms with van der Waals surface area (Å²) < 4.78 is 0. The average molecular weight is 581 g/mol. The maximum Gasteiger partial charge on any atom is 0.0875 e. The predicted octanol–water partition coefficient (Wildman–Crippen LogP) is 4.90. The summed E-state index contributed by atoms with van der Waals surface area (Å²) in [5, 5.41) is 17.1. The minimum Gasteiger partial charge on any atom is -0.393 e. The van der Waals surface area contributed by atoms with Crippen molar-refractivity contribution < 1.29 is 31.3 Å². The molecule has 158 valence electrons. The quantitative estimate of drug-likeness (QED) is 0.337. The van der Waals surface area contributed by atoms with Gasteiger partial charge in [-0.15, -0.1) is 35.9 Å². The molecule has 30 heavy (non-hydrogen) atoms. The topological polar surface area (TPSA) is 66.2 Å². The van der Waals surface area contributed by atoms with Crippen LogP contribution in [0.1, 0.15) is 20.3 Å². The molecular weight excluding hydrogens is 555 g/mol. The molecule has 5 heteroatoms. The van der Waals surface area contributed by atoms with Crippen LogP contribution in [-0.4, -0.2) is 32.4 Å². The molecule has 1 aromatic heterocycles. The molecule has 2 N–H and O–H groups in total. The fraction of sp³-hybridized carbons (Fsp3) is 0.200. The second kappa shape index (κ2) is 11.7. The summed E-state index contributed by atoms with van der Waals surface area (Å²) in [4.78, 5) is 9.67. The number of rotatable bonds is 4. The number of hydrogen-bond acceptors (Lipinski definition) is 4. The predicted molar refractivity (Wildman–Crippen MR) is 117 cm³/mol. The molecule has 0 aliphatic carbocycles. The van der Waals surface area contributed by atoms with E-state index in [1.165, 1.54) is 0 Å². The normalized spacial score (nSPS) is 12.3. The number of para-hydroxylation sites is 2. The second-order valence-electron chi connectivity index (χ2n) is 6.99. The molecule has 2 unspecified atom stereocenters. The van der Waals surface area contributed by atoms with E-state index in [9.17, 15) is 0 Å². The van der Waals surface area contributed by atoms with Crippen molar-refractivity contribution in [3.63, 3.8) is 0 Å². The van der Waals surface area contributed by atoms with Crippen molar-refractivity contribution in [2.45, 2.75) is 32.5 Å². The van der Waals surface area contributed by atoms with Crippen LogP contribution in [0.3, 0.4) is 0 Å². The van der Waals surface area contributed by atoms with Gasteiger partial charge in [0.15, 0.2) is 0 Å². The molecule has 0 saturated heterocycles. The zero-order chi connectivity index (χ0) is 20.6. The number of hydrogen-bond donors (Lipinski definition) is 2. The molecule has 0 fully saturated rings. The van der Waals surface area contributed by atoms with Gasteiger partial charge in [-0.3, -0.25) is 9.97 Å². The van der Waals surface area contributed by atoms with Crippen molar-refractivity contribution in [2.75, 3.05) is 0 Å². The van der Waals surface area contributed by atoms with Crippen LogP contribution in [0.4, 0.5) is 0 Å². The molecule has 3 aromatic carbocycles. The number of benzene rings is 3. The van der Waals surface area contributed by atoms with E-state index in [2.05, 4.69) is 18.2 Å². The van der Waals surface area contributed by atoms with E-state index in [0.29, 0.717) is 6.42 Å². The molecule has 0 bridgehead atoms. The van der Waals surface area contributed by atoms with Crippen molar-refractivity contribution in [3.8, 4) is 22.5 Å². The maximum atomic E-state index is 8.56. The first-order valence-corrected chi connectivity index (χ1v) is 9.70. The second-order valence-corrected chi connectivity index (χ2v) is 6.99. The van der Waals surface area contributed by atoms with Gasteiger partial charge in [-0.25, -0.2) is 0 Å². The Morgan fingerprint density at radius 1 is 0.733 bits per heavy atom. The van der Waals surface area contributed by atoms with Crippen LogP contribution >= 0.6 is 0 Å². The minimum atomic E-state index is -0.375. The third kappa shape index (κ3) is 6.56. The molecule has 0 aliphatic rings. The van der Waals surface area contributed by atoms with Gasteiger partial charge in [0.2, 0.25) is 0 Å². The molecule has 0 spiro atoms. The van der Waals surface area contributed by atoms with E-state index >= 15 is 0 Å². The van der Waals surface area contributed by atoms with Gasteiger partial charge in [0.25, 0.3) is 0 Å². The van der Waals surface area contributed by atoms with E-state index in [1.807, 2.05) is 66.7 Å². The summed E-state index contributed by atoms with van der Waals surface area (Å²) in [6.07, 6.45) is -0.278. The fourth-order valence-electron chi connectivity index (χ4n) is 3.02. The SMILES string of the molecule is CC(O)CC(C)O.[Pt].[c-]1ccccc1-c1nc2ccccc2nc1-c1ccccc1. The molecular formula is C25H25N2O2Pt-. The number of aliphatic hydroxyl groups is 2. The van der Waals surface area contributed by atoms with Gasteiger partial charge in [-0.1, -0.05) is 42.5 Å². The summed E-state index contributed by atoms with van der Waals surface area (Å²) in [6, 6.07) is 29.3. The molecule has 0 radical (unpaired) electrons. The summed E-state index contributed by atoms with van der Waals surface area (Å²) >= 11 is 0. The van der Waals surface area contributed by atoms with Crippen LogP contribution in [0.25, 0.3) is 33.5 Å². The van der Waals surface area contributed by atoms with Gasteiger partial charge >= 0.3 is 0 Å². The fourth-order valence-corrected chi connectivity index (χ4v) is 3.02. The smallest absolute Gasteiger partial charge is 0.0875 e. The van der Waals surface area contributed by atoms with Gasteiger partial charge in [0.1, 0.15) is 0 Å². The van der Waals surface area contributed by atoms with Crippen molar-refractivity contribution in [1.82, 2.24) is 9.97 Å². The molecule has 4 nitrogen and oxygen atoms in total. The first kappa shape index (κ1) is 23.9. The Bertz CT molecular complexity index is 955. The third-order valence-corrected chi connectivity index (χ3v) is 4.26. The Labute approximate surface area is 191 Å². The summed E-state index contributed by atoms with van der Waals surface area (Å²) in [6.45, 7) is 3.32. The third-order valence-electron chi connectivity index (χ3n) is 4.26. The molecule has 1 heterocycles. The van der Waals surface area contributed by atoms with Gasteiger partial charge < -0.3 is 10.2 Å². The molecule has 0 aliphatic heterocycles. The van der Waals surface area contributed by atoms with Crippen molar-refractivity contribution in [1.29, 1.82) is 0 Å². The maximum absolute atomic E-state index is 8.56. The summed E-state index contributed by atoms with van der Waals surface area (Å²) in [7, 11) is 0. The molecule has 2 atom stereocenters. The largest absolute Gasteiger partial charge is 0.393 e. The Morgan fingerprint density at radius 3 is 1.77 bits per heavy atom. The van der Waals surface area contributed by atoms with E-state index in [0.717, 1.165) is 33.5 Å². The van der Waals surface area contributed by atoms with Gasteiger partial charge in [-0.2, -0.15) is 0 Å². The van der Waals surface area contributed by atoms with Crippen LogP contribution in [0, 0.1) is 6.07 Å². The Kier molecular flexibility index (Phi) is 9.32. The van der Waals surface area contributed by atoms with Crippen molar-refractivity contribution in [3.05, 3.63) is 84.9 Å². The number of aliphatic hydroxyl groups excluding tert-OH is 2. The van der Waals surface area contributed by atoms with E-state index < -0.39 is 0 Å². The van der Waals surface area contributed by atoms with E-state index in [1.54, 1.807) is 13.8 Å².